The van der Waals surface area contributed by atoms with Gasteiger partial charge in [-0.3, -0.25) is 43.2 Å². The van der Waals surface area contributed by atoms with Crippen LogP contribution in [0.1, 0.15) is 169 Å². The lowest BCUT2D eigenvalue weighted by Gasteiger charge is -2.39. The first-order chi connectivity index (χ1) is 33.1. The highest BCUT2D eigenvalue weighted by molar-refractivity contribution is 7.07. The van der Waals surface area contributed by atoms with Crippen molar-refractivity contribution in [3.05, 3.63) is 22.4 Å². The number of Topliss-reactive ketones (excluding diaryl/α,β-unsaturated/α-hetero) is 5. The molecular weight excluding hydrogens is 905 g/mol. The van der Waals surface area contributed by atoms with Crippen LogP contribution in [0.5, 0.6) is 0 Å². The van der Waals surface area contributed by atoms with E-state index in [4.69, 9.17) is 11.5 Å². The van der Waals surface area contributed by atoms with Gasteiger partial charge in [0.1, 0.15) is 5.78 Å². The van der Waals surface area contributed by atoms with Crippen molar-refractivity contribution in [2.75, 3.05) is 13.1 Å². The molecule has 6 saturated carbocycles. The highest BCUT2D eigenvalue weighted by Crippen LogP contribution is 2.66. The molecule has 2 unspecified atom stereocenters. The van der Waals surface area contributed by atoms with Gasteiger partial charge in [0.2, 0.25) is 23.4 Å². The highest BCUT2D eigenvalue weighted by atomic mass is 32.1. The first kappa shape index (κ1) is 52.3. The Bertz CT molecular complexity index is 2200. The smallest absolute Gasteiger partial charge is 0.285 e. The van der Waals surface area contributed by atoms with E-state index in [1.165, 1.54) is 18.9 Å². The number of carbonyl (C=O) groups is 9. The Morgan fingerprint density at radius 3 is 1.60 bits per heavy atom. The van der Waals surface area contributed by atoms with Crippen LogP contribution >= 0.6 is 11.3 Å². The summed E-state index contributed by atoms with van der Waals surface area (Å²) in [5.41, 5.74) is 11.8. The maximum absolute atomic E-state index is 14.7. The Morgan fingerprint density at radius 1 is 0.657 bits per heavy atom. The number of piperidine rings is 2. The molecule has 2 saturated heterocycles. The molecule has 0 aromatic carbocycles. The molecule has 8 aliphatic rings. The molecule has 1 aromatic heterocycles. The third-order valence-electron chi connectivity index (χ3n) is 19.1. The van der Waals surface area contributed by atoms with E-state index >= 15 is 0 Å². The fourth-order valence-corrected chi connectivity index (χ4v) is 15.2. The second kappa shape index (κ2) is 20.8. The number of rotatable bonds is 22. The third kappa shape index (κ3) is 11.4. The lowest BCUT2D eigenvalue weighted by molar-refractivity contribution is -0.147. The van der Waals surface area contributed by atoms with Crippen LogP contribution in [0.15, 0.2) is 16.8 Å². The molecule has 4 amide bonds. The maximum Gasteiger partial charge on any atom is 0.285 e. The van der Waals surface area contributed by atoms with Crippen molar-refractivity contribution in [2.45, 2.75) is 182 Å². The van der Waals surface area contributed by atoms with E-state index in [0.29, 0.717) is 50.1 Å². The standard InChI is InChI=1S/C38H54N2O5S.C18H26N2O4/c1-37(2)30-22-40(33(32(30)37)31(42)18-27(17-24-11-12-24)34(43)35(39)44)36(45)29(26-9-5-3-6-10-26)19-28(41)21-38(14-7-4-8-15-38)20-25-13-16-46-23-25;1-9(21)20-8-12-14(18(12,2)3)15(20)13(22)7-11(6-10-4-5-10)16(23)17(19)24/h13,16,23-24,26-27,29-30,32-33H,3-12,14-15,17-22H2,1-2H3,(H2,39,44);10-12,14-15H,4-8H2,1-3H3,(H2,19,24)/t27?,29-,30-,32-,33+;11?,12-,14-,15+/m00/s1. The van der Waals surface area contributed by atoms with E-state index < -0.39 is 53.2 Å². The first-order valence-corrected chi connectivity index (χ1v) is 27.9. The topological polar surface area (TPSA) is 212 Å². The molecule has 14 heteroatoms. The number of nitrogens with zero attached hydrogens (tertiary/aromatic N) is 2. The number of fused-ring (bicyclic) bond motifs is 2. The second-order valence-electron chi connectivity index (χ2n) is 24.8. The predicted octanol–water partition coefficient (Wildman–Crippen LogP) is 7.62. The molecule has 0 radical (unpaired) electrons. The summed E-state index contributed by atoms with van der Waals surface area (Å²) in [6, 6.07) is 1.13. The van der Waals surface area contributed by atoms with Crippen molar-refractivity contribution in [1.82, 2.24) is 9.80 Å². The van der Waals surface area contributed by atoms with Crippen LogP contribution in [-0.2, 0) is 49.6 Å². The van der Waals surface area contributed by atoms with Crippen LogP contribution in [0, 0.1) is 75.4 Å². The summed E-state index contributed by atoms with van der Waals surface area (Å²) in [5.74, 6) is -3.39. The van der Waals surface area contributed by atoms with E-state index in [9.17, 15) is 43.2 Å². The van der Waals surface area contributed by atoms with Gasteiger partial charge >= 0.3 is 0 Å². The molecule has 9 rings (SSSR count). The normalized spacial score (nSPS) is 29.3. The Kier molecular flexibility index (Phi) is 15.5. The van der Waals surface area contributed by atoms with E-state index in [1.54, 1.807) is 16.2 Å². The predicted molar refractivity (Wildman–Crippen MR) is 265 cm³/mol. The summed E-state index contributed by atoms with van der Waals surface area (Å²) >= 11 is 1.71. The molecule has 8 fully saturated rings. The lowest BCUT2D eigenvalue weighted by atomic mass is 9.66. The zero-order valence-corrected chi connectivity index (χ0v) is 43.4. The van der Waals surface area contributed by atoms with Crippen molar-refractivity contribution in [2.24, 2.45) is 86.9 Å². The van der Waals surface area contributed by atoms with Crippen LogP contribution in [0.3, 0.4) is 0 Å². The molecule has 9 atom stereocenters. The van der Waals surface area contributed by atoms with Crippen LogP contribution in [0.2, 0.25) is 0 Å². The molecule has 70 heavy (non-hydrogen) atoms. The Morgan fingerprint density at radius 2 is 1.14 bits per heavy atom. The molecule has 3 heterocycles. The number of thiophene rings is 1. The van der Waals surface area contributed by atoms with Crippen LogP contribution < -0.4 is 11.5 Å². The molecule has 1 aromatic rings. The fraction of sp³-hybridized carbons (Fsp3) is 0.768. The van der Waals surface area contributed by atoms with E-state index in [-0.39, 0.29) is 88.3 Å². The van der Waals surface area contributed by atoms with Gasteiger partial charge in [0.05, 0.1) is 12.1 Å². The van der Waals surface area contributed by atoms with Gasteiger partial charge in [-0.15, -0.1) is 0 Å². The zero-order chi connectivity index (χ0) is 50.4. The second-order valence-corrected chi connectivity index (χ2v) is 25.6. The SMILES string of the molecule is CC(=O)N1C[C@H]2[C@@H]([C@H]1C(=O)CC(CC1CC1)C(=O)C(N)=O)C2(C)C.CC1(C)[C@@H]2[C@@H](C(=O)CC(CC3CC3)C(=O)C(N)=O)N(C(=O)[C@@H](CC(=O)CC3(Cc4ccsc4)CCCCC3)C3CCCCC3)C[C@@H]21. The number of hydrogen-bond acceptors (Lipinski definition) is 10. The number of hydrogen-bond donors (Lipinski definition) is 2. The van der Waals surface area contributed by atoms with Gasteiger partial charge in [-0.25, -0.2) is 0 Å². The third-order valence-corrected chi connectivity index (χ3v) is 19.9. The average Bonchev–Trinajstić information content (AvgIpc) is 4.28. The van der Waals surface area contributed by atoms with Crippen molar-refractivity contribution in [3.63, 3.8) is 0 Å². The minimum Gasteiger partial charge on any atom is -0.363 e. The highest BCUT2D eigenvalue weighted by Gasteiger charge is 2.70. The van der Waals surface area contributed by atoms with E-state index in [1.807, 2.05) is 4.90 Å². The van der Waals surface area contributed by atoms with Crippen molar-refractivity contribution < 1.29 is 43.2 Å². The first-order valence-electron chi connectivity index (χ1n) is 27.0. The maximum atomic E-state index is 14.7. The zero-order valence-electron chi connectivity index (χ0n) is 42.6. The van der Waals surface area contributed by atoms with E-state index in [2.05, 4.69) is 44.5 Å². The summed E-state index contributed by atoms with van der Waals surface area (Å²) in [5, 5.41) is 4.32. The molecule has 0 spiro atoms. The number of carbonyl (C=O) groups excluding carboxylic acids is 9. The summed E-state index contributed by atoms with van der Waals surface area (Å²) in [6.45, 7) is 11.2. The van der Waals surface area contributed by atoms with Crippen molar-refractivity contribution in [3.8, 4) is 0 Å². The van der Waals surface area contributed by atoms with Crippen LogP contribution in [0.4, 0.5) is 0 Å². The van der Waals surface area contributed by atoms with Crippen molar-refractivity contribution >= 4 is 63.9 Å². The van der Waals surface area contributed by atoms with Gasteiger partial charge < -0.3 is 21.3 Å². The molecule has 384 valence electrons. The van der Waals surface area contributed by atoms with Gasteiger partial charge in [0.15, 0.2) is 11.6 Å². The number of likely N-dealkylation sites (tertiary alicyclic amines) is 2. The number of ketones is 5. The Labute approximate surface area is 419 Å². The molecule has 13 nitrogen and oxygen atoms in total. The summed E-state index contributed by atoms with van der Waals surface area (Å²) in [7, 11) is 0. The van der Waals surface area contributed by atoms with Gasteiger partial charge in [0, 0.05) is 63.5 Å². The number of primary amides is 2. The molecule has 2 aliphatic heterocycles. The monoisotopic (exact) mass is 985 g/mol. The molecular formula is C56H80N4O9S. The van der Waals surface area contributed by atoms with Crippen LogP contribution in [0.25, 0.3) is 0 Å². The summed E-state index contributed by atoms with van der Waals surface area (Å²) < 4.78 is 0. The average molecular weight is 985 g/mol. The van der Waals surface area contributed by atoms with Crippen LogP contribution in [-0.4, -0.2) is 87.5 Å². The van der Waals surface area contributed by atoms with Gasteiger partial charge in [-0.05, 0) is 125 Å². The van der Waals surface area contributed by atoms with Crippen molar-refractivity contribution in [1.29, 1.82) is 0 Å². The molecule has 6 aliphatic carbocycles. The number of amides is 4. The quantitative estimate of drug-likeness (QED) is 0.109. The summed E-state index contributed by atoms with van der Waals surface area (Å²) in [4.78, 5) is 119. The largest absolute Gasteiger partial charge is 0.363 e. The number of nitrogens with two attached hydrogens (primary N) is 2. The Hall–Kier alpha value is -4.07. The van der Waals surface area contributed by atoms with Gasteiger partial charge in [-0.2, -0.15) is 11.3 Å². The lowest BCUT2D eigenvalue weighted by Crippen LogP contribution is -2.50. The minimum absolute atomic E-state index is 0.0199. The minimum atomic E-state index is -0.979. The molecule has 4 N–H and O–H groups in total. The summed E-state index contributed by atoms with van der Waals surface area (Å²) in [6.07, 6.45) is 17.7. The van der Waals surface area contributed by atoms with E-state index in [0.717, 1.165) is 89.9 Å². The van der Waals surface area contributed by atoms with Gasteiger partial charge in [0.25, 0.3) is 11.8 Å². The Balaban J connectivity index is 0.000000230. The van der Waals surface area contributed by atoms with Gasteiger partial charge in [-0.1, -0.05) is 91.9 Å². The fourth-order valence-electron chi connectivity index (χ4n) is 14.6. The molecule has 0 bridgehead atoms.